The zero-order valence-corrected chi connectivity index (χ0v) is 8.10. The molecule has 0 spiro atoms. The van der Waals surface area contributed by atoms with Gasteiger partial charge < -0.3 is 4.74 Å². The third-order valence-corrected chi connectivity index (χ3v) is 3.55. The molecule has 5 heteroatoms. The average Bonchev–Trinajstić information content (AvgIpc) is 1.84. The molecule has 0 aliphatic heterocycles. The Morgan fingerprint density at radius 2 is 1.82 bits per heavy atom. The van der Waals surface area contributed by atoms with Gasteiger partial charge in [-0.2, -0.15) is 0 Å². The minimum Gasteiger partial charge on any atom is -0.377 e. The largest absolute Gasteiger partial charge is 0.377 e. The number of hydrogen-bond donors (Lipinski definition) is 1. The summed E-state index contributed by atoms with van der Waals surface area (Å²) in [5, 5.41) is 4.24. The van der Waals surface area contributed by atoms with E-state index < -0.39 is 20.9 Å². The van der Waals surface area contributed by atoms with Crippen LogP contribution in [0.1, 0.15) is 20.8 Å². The van der Waals surface area contributed by atoms with Gasteiger partial charge in [0, 0.05) is 7.11 Å². The molecule has 2 N–H and O–H groups in total. The number of rotatable bonds is 3. The Kier molecular flexibility index (Phi) is 3.05. The van der Waals surface area contributed by atoms with E-state index in [2.05, 4.69) is 0 Å². The van der Waals surface area contributed by atoms with Gasteiger partial charge >= 0.3 is 0 Å². The SMILES string of the molecule is COC(C)(C)C(C)S(N)(=O)=O. The number of sulfonamides is 1. The third-order valence-electron chi connectivity index (χ3n) is 2.00. The van der Waals surface area contributed by atoms with Crippen LogP contribution in [0.4, 0.5) is 0 Å². The second-order valence-corrected chi connectivity index (χ2v) is 4.92. The number of hydrogen-bond acceptors (Lipinski definition) is 3. The molecule has 1 atom stereocenters. The fraction of sp³-hybridized carbons (Fsp3) is 1.00. The zero-order valence-electron chi connectivity index (χ0n) is 7.29. The number of methoxy groups -OCH3 is 1. The van der Waals surface area contributed by atoms with Crippen LogP contribution in [0.25, 0.3) is 0 Å². The van der Waals surface area contributed by atoms with Crippen LogP contribution in [-0.2, 0) is 14.8 Å². The van der Waals surface area contributed by atoms with Gasteiger partial charge in [-0.15, -0.1) is 0 Å². The second-order valence-electron chi connectivity index (χ2n) is 3.04. The summed E-state index contributed by atoms with van der Waals surface area (Å²) in [6, 6.07) is 0. The van der Waals surface area contributed by atoms with Crippen molar-refractivity contribution in [1.29, 1.82) is 0 Å². The van der Waals surface area contributed by atoms with Crippen LogP contribution in [0.2, 0.25) is 0 Å². The fourth-order valence-electron chi connectivity index (χ4n) is 0.562. The second kappa shape index (κ2) is 3.08. The van der Waals surface area contributed by atoms with Crippen LogP contribution in [0.3, 0.4) is 0 Å². The Bertz CT molecular complexity index is 220. The molecule has 0 radical (unpaired) electrons. The highest BCUT2D eigenvalue weighted by Crippen LogP contribution is 2.17. The molecule has 0 amide bonds. The first-order valence-electron chi connectivity index (χ1n) is 3.28. The summed E-state index contributed by atoms with van der Waals surface area (Å²) in [6.07, 6.45) is 0. The van der Waals surface area contributed by atoms with Gasteiger partial charge in [-0.05, 0) is 20.8 Å². The van der Waals surface area contributed by atoms with Gasteiger partial charge in [-0.1, -0.05) is 0 Å². The lowest BCUT2D eigenvalue weighted by Gasteiger charge is -2.28. The van der Waals surface area contributed by atoms with Crippen LogP contribution in [0.15, 0.2) is 0 Å². The highest BCUT2D eigenvalue weighted by atomic mass is 32.2. The summed E-state index contributed by atoms with van der Waals surface area (Å²) in [5.74, 6) is 0. The molecular weight excluding hydrogens is 166 g/mol. The lowest BCUT2D eigenvalue weighted by Crippen LogP contribution is -2.44. The van der Waals surface area contributed by atoms with Gasteiger partial charge in [0.25, 0.3) is 0 Å². The molecule has 0 aliphatic carbocycles. The average molecular weight is 181 g/mol. The predicted molar refractivity (Wildman–Crippen MR) is 43.7 cm³/mol. The highest BCUT2D eigenvalue weighted by Gasteiger charge is 2.33. The quantitative estimate of drug-likeness (QED) is 0.670. The maximum atomic E-state index is 10.8. The minimum atomic E-state index is -3.50. The Morgan fingerprint density at radius 3 is 1.91 bits per heavy atom. The Labute approximate surface area is 67.8 Å². The molecule has 0 rings (SSSR count). The molecule has 0 heterocycles. The third kappa shape index (κ3) is 2.76. The molecule has 0 saturated heterocycles. The number of primary sulfonamides is 1. The summed E-state index contributed by atoms with van der Waals surface area (Å²) >= 11 is 0. The van der Waals surface area contributed by atoms with Gasteiger partial charge in [0.05, 0.1) is 5.60 Å². The lowest BCUT2D eigenvalue weighted by atomic mass is 10.1. The normalized spacial score (nSPS) is 16.5. The topological polar surface area (TPSA) is 69.4 Å². The van der Waals surface area contributed by atoms with Gasteiger partial charge in [0.1, 0.15) is 5.25 Å². The number of ether oxygens (including phenoxy) is 1. The number of nitrogens with two attached hydrogens (primary N) is 1. The lowest BCUT2D eigenvalue weighted by molar-refractivity contribution is 0.0225. The molecule has 0 aromatic rings. The van der Waals surface area contributed by atoms with Crippen molar-refractivity contribution in [2.75, 3.05) is 7.11 Å². The molecule has 0 bridgehead atoms. The van der Waals surface area contributed by atoms with Crippen molar-refractivity contribution in [3.05, 3.63) is 0 Å². The van der Waals surface area contributed by atoms with Crippen molar-refractivity contribution in [2.45, 2.75) is 31.6 Å². The summed E-state index contributed by atoms with van der Waals surface area (Å²) in [6.45, 7) is 4.89. The Balaban J connectivity index is 4.63. The van der Waals surface area contributed by atoms with E-state index in [0.29, 0.717) is 0 Å². The van der Waals surface area contributed by atoms with Crippen molar-refractivity contribution in [2.24, 2.45) is 5.14 Å². The van der Waals surface area contributed by atoms with Crippen LogP contribution >= 0.6 is 0 Å². The maximum Gasteiger partial charge on any atom is 0.214 e. The van der Waals surface area contributed by atoms with Crippen molar-refractivity contribution in [3.8, 4) is 0 Å². The van der Waals surface area contributed by atoms with Crippen LogP contribution in [-0.4, -0.2) is 26.4 Å². The zero-order chi connectivity index (χ0) is 9.28. The molecular formula is C6H15NO3S. The molecule has 68 valence electrons. The van der Waals surface area contributed by atoms with Gasteiger partial charge in [0.2, 0.25) is 10.0 Å². The summed E-state index contributed by atoms with van der Waals surface area (Å²) in [7, 11) is -2.04. The highest BCUT2D eigenvalue weighted by molar-refractivity contribution is 7.89. The van der Waals surface area contributed by atoms with Crippen molar-refractivity contribution >= 4 is 10.0 Å². The smallest absolute Gasteiger partial charge is 0.214 e. The predicted octanol–water partition coefficient (Wildman–Crippen LogP) is 0.0884. The molecule has 11 heavy (non-hydrogen) atoms. The van der Waals surface area contributed by atoms with Gasteiger partial charge in [-0.3, -0.25) is 0 Å². The van der Waals surface area contributed by atoms with Gasteiger partial charge in [-0.25, -0.2) is 13.6 Å². The molecule has 0 fully saturated rings. The molecule has 0 aliphatic rings. The van der Waals surface area contributed by atoms with E-state index in [1.807, 2.05) is 0 Å². The minimum absolute atomic E-state index is 0.694. The maximum absolute atomic E-state index is 10.8. The van der Waals surface area contributed by atoms with E-state index in [-0.39, 0.29) is 0 Å². The van der Waals surface area contributed by atoms with E-state index >= 15 is 0 Å². The molecule has 0 saturated carbocycles. The van der Waals surface area contributed by atoms with Crippen LogP contribution in [0, 0.1) is 0 Å². The monoisotopic (exact) mass is 181 g/mol. The Hall–Kier alpha value is -0.130. The van der Waals surface area contributed by atoms with E-state index in [4.69, 9.17) is 9.88 Å². The van der Waals surface area contributed by atoms with E-state index in [9.17, 15) is 8.42 Å². The molecule has 4 nitrogen and oxygen atoms in total. The molecule has 0 aromatic heterocycles. The van der Waals surface area contributed by atoms with Crippen molar-refractivity contribution in [1.82, 2.24) is 0 Å². The Morgan fingerprint density at radius 1 is 1.45 bits per heavy atom. The summed E-state index contributed by atoms with van der Waals surface area (Å²) in [5.41, 5.74) is -0.729. The van der Waals surface area contributed by atoms with Crippen molar-refractivity contribution in [3.63, 3.8) is 0 Å². The molecule has 0 aromatic carbocycles. The van der Waals surface area contributed by atoms with E-state index in [1.165, 1.54) is 14.0 Å². The first-order chi connectivity index (χ1) is 4.72. The summed E-state index contributed by atoms with van der Waals surface area (Å²) < 4.78 is 26.6. The van der Waals surface area contributed by atoms with Crippen molar-refractivity contribution < 1.29 is 13.2 Å². The van der Waals surface area contributed by atoms with Crippen LogP contribution < -0.4 is 5.14 Å². The van der Waals surface area contributed by atoms with E-state index in [1.54, 1.807) is 13.8 Å². The fourth-order valence-corrected chi connectivity index (χ4v) is 1.45. The van der Waals surface area contributed by atoms with E-state index in [0.717, 1.165) is 0 Å². The standard InChI is InChI=1S/C6H15NO3S/c1-5(11(7,8)9)6(2,3)10-4/h5H,1-4H3,(H2,7,8,9). The van der Waals surface area contributed by atoms with Gasteiger partial charge in [0.15, 0.2) is 0 Å². The first-order valence-corrected chi connectivity index (χ1v) is 4.89. The summed E-state index contributed by atoms with van der Waals surface area (Å²) in [4.78, 5) is 0. The first kappa shape index (κ1) is 10.9. The molecule has 1 unspecified atom stereocenters. The van der Waals surface area contributed by atoms with Crippen LogP contribution in [0.5, 0.6) is 0 Å².